The van der Waals surface area contributed by atoms with Crippen molar-refractivity contribution < 1.29 is 24.2 Å². The number of amides is 3. The average Bonchev–Trinajstić information content (AvgIpc) is 3.44. The number of carbonyl (C=O) groups excluding carboxylic acids is 3. The summed E-state index contributed by atoms with van der Waals surface area (Å²) in [6.07, 6.45) is -0.670. The zero-order valence-corrected chi connectivity index (χ0v) is 22.4. The fraction of sp³-hybridized carbons (Fsp3) is 0.538. The van der Waals surface area contributed by atoms with Crippen molar-refractivity contribution in [1.82, 2.24) is 20.5 Å². The summed E-state index contributed by atoms with van der Waals surface area (Å²) < 4.78 is 5.15. The van der Waals surface area contributed by atoms with Crippen LogP contribution in [-0.2, 0) is 25.7 Å². The third-order valence-corrected chi connectivity index (χ3v) is 7.13. The Morgan fingerprint density at radius 3 is 2.53 bits per heavy atom. The van der Waals surface area contributed by atoms with E-state index in [1.165, 1.54) is 4.90 Å². The predicted octanol–water partition coefficient (Wildman–Crippen LogP) is 2.26. The minimum atomic E-state index is -0.867. The fourth-order valence-corrected chi connectivity index (χ4v) is 4.99. The Bertz CT molecular complexity index is 1060. The maximum absolute atomic E-state index is 13.5. The number of ether oxygens (including phenoxy) is 1. The highest BCUT2D eigenvalue weighted by Gasteiger charge is 2.44. The van der Waals surface area contributed by atoms with E-state index in [-0.39, 0.29) is 25.5 Å². The lowest BCUT2D eigenvalue weighted by molar-refractivity contribution is -0.144. The van der Waals surface area contributed by atoms with Crippen LogP contribution in [0.5, 0.6) is 0 Å². The molecule has 1 aliphatic rings. The molecule has 196 valence electrons. The molecule has 10 heteroatoms. The summed E-state index contributed by atoms with van der Waals surface area (Å²) in [7, 11) is 0. The zero-order valence-electron chi connectivity index (χ0n) is 21.5. The number of thiazole rings is 1. The van der Waals surface area contributed by atoms with Gasteiger partial charge in [-0.1, -0.05) is 45.0 Å². The molecule has 3 rings (SSSR count). The molecule has 1 fully saturated rings. The molecular formula is C26H36N4O5S. The van der Waals surface area contributed by atoms with Crippen LogP contribution in [0.3, 0.4) is 0 Å². The monoisotopic (exact) mass is 516 g/mol. The summed E-state index contributed by atoms with van der Waals surface area (Å²) in [5.74, 6) is -1.13. The van der Waals surface area contributed by atoms with Crippen molar-refractivity contribution in [3.63, 3.8) is 0 Å². The summed E-state index contributed by atoms with van der Waals surface area (Å²) in [5, 5.41) is 15.9. The zero-order chi connectivity index (χ0) is 26.5. The number of aliphatic hydroxyl groups is 1. The Morgan fingerprint density at radius 1 is 1.25 bits per heavy atom. The highest BCUT2D eigenvalue weighted by atomic mass is 32.1. The summed E-state index contributed by atoms with van der Waals surface area (Å²) in [6.45, 7) is 9.85. The number of aromatic nitrogens is 1. The van der Waals surface area contributed by atoms with Crippen LogP contribution in [0.25, 0.3) is 10.4 Å². The molecular weight excluding hydrogens is 480 g/mol. The van der Waals surface area contributed by atoms with Crippen molar-refractivity contribution in [3.05, 3.63) is 41.0 Å². The first-order chi connectivity index (χ1) is 17.0. The number of carbonyl (C=O) groups is 3. The Morgan fingerprint density at radius 2 is 1.94 bits per heavy atom. The highest BCUT2D eigenvalue weighted by Crippen LogP contribution is 2.28. The molecule has 0 saturated carbocycles. The van der Waals surface area contributed by atoms with Crippen LogP contribution in [0.4, 0.5) is 0 Å². The van der Waals surface area contributed by atoms with Crippen molar-refractivity contribution in [1.29, 1.82) is 0 Å². The molecule has 9 nitrogen and oxygen atoms in total. The number of benzene rings is 1. The van der Waals surface area contributed by atoms with Crippen molar-refractivity contribution in [2.75, 3.05) is 19.8 Å². The van der Waals surface area contributed by atoms with Gasteiger partial charge in [-0.3, -0.25) is 14.4 Å². The smallest absolute Gasteiger partial charge is 0.246 e. The molecule has 3 atom stereocenters. The molecule has 0 spiro atoms. The van der Waals surface area contributed by atoms with Gasteiger partial charge in [-0.25, -0.2) is 4.98 Å². The molecule has 2 heterocycles. The number of nitrogens with one attached hydrogen (secondary N) is 2. The van der Waals surface area contributed by atoms with Crippen LogP contribution in [0, 0.1) is 12.3 Å². The van der Waals surface area contributed by atoms with Gasteiger partial charge in [0.25, 0.3) is 0 Å². The number of aliphatic hydroxyl groups excluding tert-OH is 1. The van der Waals surface area contributed by atoms with Crippen LogP contribution in [0.1, 0.15) is 45.4 Å². The SMILES string of the molecule is CCOCC(=O)NC(C(=O)N1C[C@H](O)C[C@H]1C(=O)NCc1ccc(-c2scnc2C)cc1)C(C)(C)C. The van der Waals surface area contributed by atoms with Crippen LogP contribution in [0.2, 0.25) is 0 Å². The van der Waals surface area contributed by atoms with Gasteiger partial charge in [-0.05, 0) is 30.4 Å². The lowest BCUT2D eigenvalue weighted by Crippen LogP contribution is -2.58. The second-order valence-corrected chi connectivity index (χ2v) is 10.9. The quantitative estimate of drug-likeness (QED) is 0.470. The Labute approximate surface area is 216 Å². The van der Waals surface area contributed by atoms with Gasteiger partial charge in [0.15, 0.2) is 0 Å². The number of hydrogen-bond acceptors (Lipinski definition) is 7. The molecule has 1 aromatic heterocycles. The highest BCUT2D eigenvalue weighted by molar-refractivity contribution is 7.13. The number of aryl methyl sites for hydroxylation is 1. The first-order valence-corrected chi connectivity index (χ1v) is 13.0. The minimum Gasteiger partial charge on any atom is -0.391 e. The number of rotatable bonds is 9. The Hall–Kier alpha value is -2.82. The van der Waals surface area contributed by atoms with Gasteiger partial charge in [0.1, 0.15) is 18.7 Å². The molecule has 0 bridgehead atoms. The summed E-state index contributed by atoms with van der Waals surface area (Å²) in [5.41, 5.74) is 4.18. The van der Waals surface area contributed by atoms with Gasteiger partial charge in [0.05, 0.1) is 22.2 Å². The van der Waals surface area contributed by atoms with E-state index in [2.05, 4.69) is 15.6 Å². The van der Waals surface area contributed by atoms with Gasteiger partial charge in [0.2, 0.25) is 17.7 Å². The van der Waals surface area contributed by atoms with E-state index >= 15 is 0 Å². The van der Waals surface area contributed by atoms with E-state index in [1.54, 1.807) is 18.3 Å². The molecule has 0 radical (unpaired) electrons. The van der Waals surface area contributed by atoms with E-state index in [0.717, 1.165) is 21.7 Å². The average molecular weight is 517 g/mol. The van der Waals surface area contributed by atoms with E-state index < -0.39 is 35.4 Å². The van der Waals surface area contributed by atoms with Gasteiger partial charge in [-0.15, -0.1) is 11.3 Å². The maximum atomic E-state index is 13.5. The van der Waals surface area contributed by atoms with Crippen LogP contribution in [-0.4, -0.2) is 70.7 Å². The summed E-state index contributed by atoms with van der Waals surface area (Å²) in [4.78, 5) is 45.6. The number of β-amino-alcohol motifs (C(OH)–C–C–N with tert-alkyl or cyclic N) is 1. The van der Waals surface area contributed by atoms with Gasteiger partial charge >= 0.3 is 0 Å². The Balaban J connectivity index is 1.66. The first-order valence-electron chi connectivity index (χ1n) is 12.1. The maximum Gasteiger partial charge on any atom is 0.246 e. The molecule has 3 amide bonds. The molecule has 3 N–H and O–H groups in total. The largest absolute Gasteiger partial charge is 0.391 e. The summed E-state index contributed by atoms with van der Waals surface area (Å²) >= 11 is 1.58. The molecule has 0 aliphatic carbocycles. The standard InChI is InChI=1S/C26H36N4O5S/c1-6-35-14-21(32)29-23(26(3,4)5)25(34)30-13-19(31)11-20(30)24(33)27-12-17-7-9-18(10-8-17)22-16(2)28-15-36-22/h7-10,15,19-20,23,31H,6,11-14H2,1-5H3,(H,27,33)(H,29,32)/t19-,20+,23?/m1/s1. The van der Waals surface area contributed by atoms with E-state index in [0.29, 0.717) is 13.2 Å². The minimum absolute atomic E-state index is 0.0354. The lowest BCUT2D eigenvalue weighted by Gasteiger charge is -2.35. The number of hydrogen-bond donors (Lipinski definition) is 3. The molecule has 1 aliphatic heterocycles. The molecule has 36 heavy (non-hydrogen) atoms. The van der Waals surface area contributed by atoms with Gasteiger partial charge < -0.3 is 25.4 Å². The summed E-state index contributed by atoms with van der Waals surface area (Å²) in [6, 6.07) is 6.20. The number of nitrogens with zero attached hydrogens (tertiary/aromatic N) is 2. The molecule has 2 aromatic rings. The van der Waals surface area contributed by atoms with E-state index in [1.807, 2.05) is 57.5 Å². The predicted molar refractivity (Wildman–Crippen MR) is 138 cm³/mol. The van der Waals surface area contributed by atoms with Crippen molar-refractivity contribution in [2.24, 2.45) is 5.41 Å². The van der Waals surface area contributed by atoms with E-state index in [9.17, 15) is 19.5 Å². The number of likely N-dealkylation sites (tertiary alicyclic amines) is 1. The van der Waals surface area contributed by atoms with Crippen molar-refractivity contribution >= 4 is 29.1 Å². The van der Waals surface area contributed by atoms with Crippen LogP contribution < -0.4 is 10.6 Å². The van der Waals surface area contributed by atoms with Crippen LogP contribution in [0.15, 0.2) is 29.8 Å². The third kappa shape index (κ3) is 6.89. The van der Waals surface area contributed by atoms with E-state index in [4.69, 9.17) is 4.74 Å². The van der Waals surface area contributed by atoms with Crippen LogP contribution >= 0.6 is 11.3 Å². The second-order valence-electron chi connectivity index (χ2n) is 10.1. The fourth-order valence-electron chi connectivity index (χ4n) is 4.18. The molecule has 1 saturated heterocycles. The van der Waals surface area contributed by atoms with Crippen molar-refractivity contribution in [2.45, 2.75) is 65.8 Å². The molecule has 1 unspecified atom stereocenters. The first kappa shape index (κ1) is 27.8. The topological polar surface area (TPSA) is 121 Å². The lowest BCUT2D eigenvalue weighted by atomic mass is 9.85. The van der Waals surface area contributed by atoms with Gasteiger partial charge in [0, 0.05) is 26.1 Å². The third-order valence-electron chi connectivity index (χ3n) is 6.15. The van der Waals surface area contributed by atoms with Gasteiger partial charge in [-0.2, -0.15) is 0 Å². The second kappa shape index (κ2) is 11.9. The Kier molecular flexibility index (Phi) is 9.21. The van der Waals surface area contributed by atoms with Crippen molar-refractivity contribution in [3.8, 4) is 10.4 Å². The molecule has 1 aromatic carbocycles. The normalized spacial score (nSPS) is 18.7.